The van der Waals surface area contributed by atoms with Gasteiger partial charge < -0.3 is 24.3 Å². The highest BCUT2D eigenvalue weighted by Crippen LogP contribution is 2.60. The van der Waals surface area contributed by atoms with Crippen LogP contribution in [-0.4, -0.2) is 37.3 Å². The third-order valence-corrected chi connectivity index (χ3v) is 9.73. The molecule has 0 atom stereocenters. The van der Waals surface area contributed by atoms with E-state index in [-0.39, 0.29) is 18.7 Å². The van der Waals surface area contributed by atoms with E-state index in [1.54, 1.807) is 56.1 Å². The summed E-state index contributed by atoms with van der Waals surface area (Å²) in [5.74, 6) is 1.03. The molecule has 11 heteroatoms. The Morgan fingerprint density at radius 3 is 2.36 bits per heavy atom. The molecular formula is C31H33N4O6P. The number of amides is 1. The number of aromatic nitrogens is 3. The number of oxazole rings is 1. The van der Waals surface area contributed by atoms with Crippen LogP contribution >= 0.6 is 7.60 Å². The van der Waals surface area contributed by atoms with Gasteiger partial charge in [0.15, 0.2) is 0 Å². The molecule has 2 heterocycles. The number of benzene rings is 3. The SMILES string of the molecule is CCC(CC)(c1ccc(NC(=O)CCc2oc(-n3cnc4ccccc43)nc2-c2ccc(OC)cc2)cc1)P(=O)(O)O. The summed E-state index contributed by atoms with van der Waals surface area (Å²) in [5, 5.41) is 1.62. The number of hydrogen-bond acceptors (Lipinski definition) is 6. The Hall–Kier alpha value is -4.24. The van der Waals surface area contributed by atoms with Crippen molar-refractivity contribution in [2.24, 2.45) is 0 Å². The monoisotopic (exact) mass is 588 g/mol. The predicted octanol–water partition coefficient (Wildman–Crippen LogP) is 6.45. The maximum atomic E-state index is 13.0. The maximum Gasteiger partial charge on any atom is 0.335 e. The summed E-state index contributed by atoms with van der Waals surface area (Å²) in [6, 6.07) is 22.2. The van der Waals surface area contributed by atoms with E-state index in [9.17, 15) is 19.1 Å². The average Bonchev–Trinajstić information content (AvgIpc) is 3.61. The summed E-state index contributed by atoms with van der Waals surface area (Å²) in [6.45, 7) is 3.53. The van der Waals surface area contributed by atoms with Gasteiger partial charge in [-0.3, -0.25) is 13.9 Å². The molecule has 2 aromatic heterocycles. The average molecular weight is 589 g/mol. The number of aryl methyl sites for hydroxylation is 1. The van der Waals surface area contributed by atoms with Gasteiger partial charge in [0, 0.05) is 24.1 Å². The van der Waals surface area contributed by atoms with Crippen LogP contribution in [0.25, 0.3) is 28.3 Å². The number of methoxy groups -OCH3 is 1. The summed E-state index contributed by atoms with van der Waals surface area (Å²) < 4.78 is 25.6. The van der Waals surface area contributed by atoms with E-state index in [0.717, 1.165) is 16.6 Å². The first-order chi connectivity index (χ1) is 20.2. The van der Waals surface area contributed by atoms with Crippen LogP contribution in [0.4, 0.5) is 5.69 Å². The number of hydrogen-bond donors (Lipinski definition) is 3. The zero-order valence-electron chi connectivity index (χ0n) is 23.7. The van der Waals surface area contributed by atoms with Crippen LogP contribution < -0.4 is 10.1 Å². The van der Waals surface area contributed by atoms with Crippen LogP contribution in [0.5, 0.6) is 5.75 Å². The molecule has 5 rings (SSSR count). The van der Waals surface area contributed by atoms with Crippen molar-refractivity contribution in [2.75, 3.05) is 12.4 Å². The lowest BCUT2D eigenvalue weighted by Gasteiger charge is -2.33. The number of carbonyl (C=O) groups is 1. The highest BCUT2D eigenvalue weighted by atomic mass is 31.2. The van der Waals surface area contributed by atoms with Gasteiger partial charge in [-0.05, 0) is 66.9 Å². The second-order valence-corrected chi connectivity index (χ2v) is 12.0. The van der Waals surface area contributed by atoms with E-state index in [1.165, 1.54) is 0 Å². The van der Waals surface area contributed by atoms with E-state index in [2.05, 4.69) is 10.3 Å². The van der Waals surface area contributed by atoms with Gasteiger partial charge in [0.05, 0.1) is 23.3 Å². The van der Waals surface area contributed by atoms with Gasteiger partial charge in [0.2, 0.25) is 5.91 Å². The number of carbonyl (C=O) groups excluding carboxylic acids is 1. The molecule has 0 aliphatic carbocycles. The smallest absolute Gasteiger partial charge is 0.335 e. The van der Waals surface area contributed by atoms with Gasteiger partial charge in [-0.1, -0.05) is 38.1 Å². The van der Waals surface area contributed by atoms with Gasteiger partial charge in [0.25, 0.3) is 0 Å². The lowest BCUT2D eigenvalue weighted by Crippen LogP contribution is -2.24. The number of ether oxygens (including phenoxy) is 1. The van der Waals surface area contributed by atoms with Crippen molar-refractivity contribution in [3.8, 4) is 23.0 Å². The first-order valence-electron chi connectivity index (χ1n) is 13.7. The number of nitrogens with zero attached hydrogens (tertiary/aromatic N) is 3. The second kappa shape index (κ2) is 11.9. The molecule has 5 aromatic rings. The Bertz CT molecular complexity index is 1730. The third kappa shape index (κ3) is 5.61. The number of para-hydroxylation sites is 2. The summed E-state index contributed by atoms with van der Waals surface area (Å²) in [4.78, 5) is 42.2. The van der Waals surface area contributed by atoms with Crippen LogP contribution in [0.1, 0.15) is 44.4 Å². The molecule has 0 bridgehead atoms. The van der Waals surface area contributed by atoms with Crippen LogP contribution in [0.15, 0.2) is 83.5 Å². The fraction of sp³-hybridized carbons (Fsp3) is 0.258. The Labute approximate surface area is 243 Å². The number of imidazole rings is 1. The van der Waals surface area contributed by atoms with Crippen LogP contribution in [0.2, 0.25) is 0 Å². The Morgan fingerprint density at radius 2 is 1.71 bits per heavy atom. The predicted molar refractivity (Wildman–Crippen MR) is 161 cm³/mol. The first kappa shape index (κ1) is 29.3. The highest BCUT2D eigenvalue weighted by molar-refractivity contribution is 7.53. The van der Waals surface area contributed by atoms with Crippen LogP contribution in [0.3, 0.4) is 0 Å². The van der Waals surface area contributed by atoms with Gasteiger partial charge in [-0.25, -0.2) is 4.98 Å². The van der Waals surface area contributed by atoms with Gasteiger partial charge in [0.1, 0.15) is 23.5 Å². The molecule has 0 radical (unpaired) electrons. The molecule has 0 unspecified atom stereocenters. The van der Waals surface area contributed by atoms with Crippen molar-refractivity contribution in [1.82, 2.24) is 14.5 Å². The zero-order valence-corrected chi connectivity index (χ0v) is 24.5. The number of nitrogens with one attached hydrogen (secondary N) is 1. The van der Waals surface area contributed by atoms with E-state index in [0.29, 0.717) is 47.3 Å². The molecule has 0 aliphatic heterocycles. The van der Waals surface area contributed by atoms with E-state index in [1.807, 2.05) is 48.5 Å². The topological polar surface area (TPSA) is 140 Å². The molecule has 0 aliphatic rings. The summed E-state index contributed by atoms with van der Waals surface area (Å²) >= 11 is 0. The minimum Gasteiger partial charge on any atom is -0.497 e. The number of anilines is 1. The van der Waals surface area contributed by atoms with Gasteiger partial charge in [-0.15, -0.1) is 0 Å². The molecule has 3 N–H and O–H groups in total. The molecule has 10 nitrogen and oxygen atoms in total. The van der Waals surface area contributed by atoms with Crippen molar-refractivity contribution < 1.29 is 28.3 Å². The molecule has 1 amide bonds. The minimum absolute atomic E-state index is 0.126. The van der Waals surface area contributed by atoms with E-state index < -0.39 is 12.8 Å². The molecule has 0 saturated carbocycles. The molecule has 0 fully saturated rings. The molecule has 42 heavy (non-hydrogen) atoms. The van der Waals surface area contributed by atoms with Crippen LogP contribution in [0, 0.1) is 0 Å². The summed E-state index contributed by atoms with van der Waals surface area (Å²) in [5.41, 5.74) is 4.18. The third-order valence-electron chi connectivity index (χ3n) is 7.72. The van der Waals surface area contributed by atoms with E-state index >= 15 is 0 Å². The Kier molecular flexibility index (Phi) is 8.31. The second-order valence-electron chi connectivity index (χ2n) is 10.0. The molecule has 3 aromatic carbocycles. The largest absolute Gasteiger partial charge is 0.497 e. The Morgan fingerprint density at radius 1 is 1.02 bits per heavy atom. The normalized spacial score (nSPS) is 12.0. The fourth-order valence-electron chi connectivity index (χ4n) is 5.25. The lowest BCUT2D eigenvalue weighted by atomic mass is 9.92. The van der Waals surface area contributed by atoms with E-state index in [4.69, 9.17) is 14.1 Å². The molecular weight excluding hydrogens is 555 g/mol. The standard InChI is InChI=1S/C31H33N4O6P/c1-4-31(5-2,42(37,38)39)22-12-14-23(15-13-22)33-28(36)19-18-27-29(21-10-16-24(40-3)17-11-21)34-30(41-27)35-20-32-25-8-6-7-9-26(25)35/h6-17,20H,4-5,18-19H2,1-3H3,(H,33,36)(H2,37,38,39). The van der Waals surface area contributed by atoms with Crippen LogP contribution in [-0.2, 0) is 20.9 Å². The summed E-state index contributed by atoms with van der Waals surface area (Å²) in [6.07, 6.45) is 2.67. The maximum absolute atomic E-state index is 13.0. The summed E-state index contributed by atoms with van der Waals surface area (Å²) in [7, 11) is -2.79. The quantitative estimate of drug-likeness (QED) is 0.150. The highest BCUT2D eigenvalue weighted by Gasteiger charge is 2.45. The lowest BCUT2D eigenvalue weighted by molar-refractivity contribution is -0.116. The minimum atomic E-state index is -4.40. The van der Waals surface area contributed by atoms with Crippen molar-refractivity contribution in [2.45, 2.75) is 44.7 Å². The van der Waals surface area contributed by atoms with Crippen molar-refractivity contribution in [3.05, 3.63) is 90.4 Å². The van der Waals surface area contributed by atoms with Crippen molar-refractivity contribution in [3.63, 3.8) is 0 Å². The van der Waals surface area contributed by atoms with Crippen molar-refractivity contribution >= 4 is 30.2 Å². The fourth-order valence-corrected chi connectivity index (χ4v) is 6.56. The first-order valence-corrected chi connectivity index (χ1v) is 15.3. The Balaban J connectivity index is 1.36. The molecule has 0 saturated heterocycles. The zero-order chi connectivity index (χ0) is 29.9. The molecule has 218 valence electrons. The number of fused-ring (bicyclic) bond motifs is 1. The van der Waals surface area contributed by atoms with Gasteiger partial charge in [-0.2, -0.15) is 4.98 Å². The van der Waals surface area contributed by atoms with Crippen molar-refractivity contribution in [1.29, 1.82) is 0 Å². The molecule has 0 spiro atoms. The number of rotatable bonds is 11. The van der Waals surface area contributed by atoms with Gasteiger partial charge >= 0.3 is 13.6 Å².